The van der Waals surface area contributed by atoms with Gasteiger partial charge in [-0.2, -0.15) is 15.0 Å². The molecule has 1 fully saturated rings. The summed E-state index contributed by atoms with van der Waals surface area (Å²) in [6, 6.07) is 0.603. The first-order valence-corrected chi connectivity index (χ1v) is 7.88. The van der Waals surface area contributed by atoms with Crippen molar-refractivity contribution in [2.75, 3.05) is 11.9 Å². The highest BCUT2D eigenvalue weighted by Gasteiger charge is 2.38. The van der Waals surface area contributed by atoms with Crippen molar-refractivity contribution in [1.82, 2.24) is 15.0 Å². The van der Waals surface area contributed by atoms with E-state index in [9.17, 15) is 0 Å². The molecule has 1 aromatic rings. The van der Waals surface area contributed by atoms with Crippen LogP contribution in [0, 0.1) is 10.8 Å². The number of aromatic nitrogens is 3. The standard InChI is InChI=1S/C15H25ClN4O/c1-6-21-13-19-11(16)18-12(20-13)17-10-7-14(2,3)9-15(4,5)8-10/h10H,6-9H2,1-5H3,(H,17,18,19,20). The lowest BCUT2D eigenvalue weighted by Gasteiger charge is -2.45. The molecule has 1 aromatic heterocycles. The molecule has 0 aliphatic heterocycles. The maximum Gasteiger partial charge on any atom is 0.322 e. The molecule has 5 nitrogen and oxygen atoms in total. The van der Waals surface area contributed by atoms with E-state index in [-0.39, 0.29) is 11.3 Å². The molecule has 0 amide bonds. The summed E-state index contributed by atoms with van der Waals surface area (Å²) >= 11 is 5.93. The van der Waals surface area contributed by atoms with Gasteiger partial charge in [0.05, 0.1) is 6.61 Å². The third-order valence-corrected chi connectivity index (χ3v) is 3.92. The summed E-state index contributed by atoms with van der Waals surface area (Å²) < 4.78 is 5.31. The van der Waals surface area contributed by atoms with E-state index in [0.717, 1.165) is 12.8 Å². The van der Waals surface area contributed by atoms with Crippen molar-refractivity contribution in [2.45, 2.75) is 59.9 Å². The molecular weight excluding hydrogens is 288 g/mol. The SMILES string of the molecule is CCOc1nc(Cl)nc(NC2CC(C)(C)CC(C)(C)C2)n1. The van der Waals surface area contributed by atoms with Crippen LogP contribution in [-0.2, 0) is 0 Å². The highest BCUT2D eigenvalue weighted by atomic mass is 35.5. The van der Waals surface area contributed by atoms with E-state index in [0.29, 0.717) is 29.4 Å². The summed E-state index contributed by atoms with van der Waals surface area (Å²) in [5.74, 6) is 0.497. The summed E-state index contributed by atoms with van der Waals surface area (Å²) in [7, 11) is 0. The molecule has 0 saturated heterocycles. The maximum absolute atomic E-state index is 5.93. The van der Waals surface area contributed by atoms with Crippen LogP contribution in [0.2, 0.25) is 5.28 Å². The molecule has 118 valence electrons. The van der Waals surface area contributed by atoms with Gasteiger partial charge in [0.15, 0.2) is 0 Å². The van der Waals surface area contributed by atoms with Crippen molar-refractivity contribution >= 4 is 17.5 Å². The normalized spacial score (nSPS) is 21.0. The van der Waals surface area contributed by atoms with E-state index in [1.54, 1.807) is 0 Å². The van der Waals surface area contributed by atoms with E-state index in [4.69, 9.17) is 16.3 Å². The lowest BCUT2D eigenvalue weighted by atomic mass is 9.63. The summed E-state index contributed by atoms with van der Waals surface area (Å²) in [5.41, 5.74) is 0.609. The zero-order valence-electron chi connectivity index (χ0n) is 13.5. The lowest BCUT2D eigenvalue weighted by Crippen LogP contribution is -2.40. The molecule has 1 saturated carbocycles. The second-order valence-electron chi connectivity index (χ2n) is 7.40. The second-order valence-corrected chi connectivity index (χ2v) is 7.74. The predicted molar refractivity (Wildman–Crippen MR) is 84.8 cm³/mol. The third kappa shape index (κ3) is 4.70. The fraction of sp³-hybridized carbons (Fsp3) is 0.800. The highest BCUT2D eigenvalue weighted by molar-refractivity contribution is 6.28. The van der Waals surface area contributed by atoms with Crippen LogP contribution in [-0.4, -0.2) is 27.6 Å². The van der Waals surface area contributed by atoms with Crippen molar-refractivity contribution in [3.8, 4) is 6.01 Å². The predicted octanol–water partition coefficient (Wildman–Crippen LogP) is 3.94. The molecule has 0 bridgehead atoms. The molecule has 0 atom stereocenters. The molecule has 21 heavy (non-hydrogen) atoms. The molecule has 0 spiro atoms. The Hall–Kier alpha value is -1.10. The first kappa shape index (κ1) is 16.3. The van der Waals surface area contributed by atoms with Crippen LogP contribution in [0.15, 0.2) is 0 Å². The van der Waals surface area contributed by atoms with Gasteiger partial charge in [-0.05, 0) is 48.6 Å². The maximum atomic E-state index is 5.93. The molecule has 1 aliphatic rings. The number of halogens is 1. The minimum absolute atomic E-state index is 0.158. The van der Waals surface area contributed by atoms with E-state index < -0.39 is 0 Å². The van der Waals surface area contributed by atoms with Crippen molar-refractivity contribution in [3.63, 3.8) is 0 Å². The molecule has 1 N–H and O–H groups in total. The van der Waals surface area contributed by atoms with E-state index in [1.165, 1.54) is 6.42 Å². The first-order valence-electron chi connectivity index (χ1n) is 7.50. The summed E-state index contributed by atoms with van der Waals surface area (Å²) in [4.78, 5) is 12.4. The van der Waals surface area contributed by atoms with Crippen LogP contribution < -0.4 is 10.1 Å². The quantitative estimate of drug-likeness (QED) is 0.912. The number of hydrogen-bond acceptors (Lipinski definition) is 5. The molecular formula is C15H25ClN4O. The van der Waals surface area contributed by atoms with Crippen LogP contribution in [0.3, 0.4) is 0 Å². The van der Waals surface area contributed by atoms with Crippen LogP contribution in [0.25, 0.3) is 0 Å². The molecule has 1 heterocycles. The van der Waals surface area contributed by atoms with Gasteiger partial charge in [0.25, 0.3) is 0 Å². The van der Waals surface area contributed by atoms with Gasteiger partial charge in [-0.25, -0.2) is 0 Å². The smallest absolute Gasteiger partial charge is 0.322 e. The molecule has 0 unspecified atom stereocenters. The van der Waals surface area contributed by atoms with Gasteiger partial charge in [0.2, 0.25) is 11.2 Å². The Morgan fingerprint density at radius 1 is 1.14 bits per heavy atom. The highest BCUT2D eigenvalue weighted by Crippen LogP contribution is 2.46. The average Bonchev–Trinajstić information content (AvgIpc) is 2.23. The second kappa shape index (κ2) is 5.95. The van der Waals surface area contributed by atoms with Crippen LogP contribution in [0.1, 0.15) is 53.9 Å². The Balaban J connectivity index is 2.13. The number of nitrogens with one attached hydrogen (secondary N) is 1. The fourth-order valence-corrected chi connectivity index (χ4v) is 3.87. The summed E-state index contributed by atoms with van der Waals surface area (Å²) in [5, 5.41) is 3.56. The average molecular weight is 313 g/mol. The number of hydrogen-bond donors (Lipinski definition) is 1. The van der Waals surface area contributed by atoms with Gasteiger partial charge in [-0.1, -0.05) is 27.7 Å². The van der Waals surface area contributed by atoms with Crippen molar-refractivity contribution in [1.29, 1.82) is 0 Å². The zero-order chi connectivity index (χ0) is 15.7. The van der Waals surface area contributed by atoms with Crippen molar-refractivity contribution < 1.29 is 4.74 Å². The summed E-state index contributed by atoms with van der Waals surface area (Å²) in [6.07, 6.45) is 3.40. The van der Waals surface area contributed by atoms with Crippen LogP contribution in [0.5, 0.6) is 6.01 Å². The Bertz CT molecular complexity index is 488. The number of ether oxygens (including phenoxy) is 1. The first-order chi connectivity index (χ1) is 9.69. The monoisotopic (exact) mass is 312 g/mol. The van der Waals surface area contributed by atoms with Crippen molar-refractivity contribution in [2.24, 2.45) is 10.8 Å². The van der Waals surface area contributed by atoms with Gasteiger partial charge in [-0.3, -0.25) is 0 Å². The van der Waals surface area contributed by atoms with Crippen LogP contribution in [0.4, 0.5) is 5.95 Å². The largest absolute Gasteiger partial charge is 0.464 e. The fourth-order valence-electron chi connectivity index (χ4n) is 3.72. The van der Waals surface area contributed by atoms with Gasteiger partial charge >= 0.3 is 6.01 Å². The van der Waals surface area contributed by atoms with Gasteiger partial charge in [0, 0.05) is 6.04 Å². The Kier molecular flexibility index (Phi) is 4.61. The van der Waals surface area contributed by atoms with Gasteiger partial charge in [-0.15, -0.1) is 0 Å². The Morgan fingerprint density at radius 3 is 2.33 bits per heavy atom. The Labute approximate surface area is 131 Å². The van der Waals surface area contributed by atoms with Gasteiger partial charge in [0.1, 0.15) is 0 Å². The zero-order valence-corrected chi connectivity index (χ0v) is 14.3. The van der Waals surface area contributed by atoms with Crippen molar-refractivity contribution in [3.05, 3.63) is 5.28 Å². The van der Waals surface area contributed by atoms with E-state index >= 15 is 0 Å². The minimum Gasteiger partial charge on any atom is -0.464 e. The van der Waals surface area contributed by atoms with Gasteiger partial charge < -0.3 is 10.1 Å². The lowest BCUT2D eigenvalue weighted by molar-refractivity contribution is 0.105. The molecule has 2 rings (SSSR count). The minimum atomic E-state index is 0.158. The third-order valence-electron chi connectivity index (χ3n) is 3.75. The summed E-state index contributed by atoms with van der Waals surface area (Å²) in [6.45, 7) is 11.6. The Morgan fingerprint density at radius 2 is 1.76 bits per heavy atom. The molecule has 0 radical (unpaired) electrons. The molecule has 1 aliphatic carbocycles. The number of nitrogens with zero attached hydrogens (tertiary/aromatic N) is 3. The van der Waals surface area contributed by atoms with E-state index in [1.807, 2.05) is 6.92 Å². The van der Waals surface area contributed by atoms with E-state index in [2.05, 4.69) is 48.0 Å². The number of rotatable bonds is 4. The topological polar surface area (TPSA) is 59.9 Å². The number of anilines is 1. The van der Waals surface area contributed by atoms with Crippen LogP contribution >= 0.6 is 11.6 Å². The molecule has 6 heteroatoms. The molecule has 0 aromatic carbocycles.